The van der Waals surface area contributed by atoms with E-state index in [9.17, 15) is 9.59 Å². The van der Waals surface area contributed by atoms with Crippen molar-refractivity contribution in [3.63, 3.8) is 0 Å². The Kier molecular flexibility index (Phi) is 5.02. The maximum absolute atomic E-state index is 11.7. The number of nitrogens with zero attached hydrogens (tertiary/aromatic N) is 2. The molecule has 0 radical (unpaired) electrons. The van der Waals surface area contributed by atoms with Crippen molar-refractivity contribution in [2.45, 2.75) is 40.2 Å². The molecule has 1 rings (SSSR count). The van der Waals surface area contributed by atoms with Gasteiger partial charge in [-0.15, -0.1) is 0 Å². The number of nitrogens with one attached hydrogen (secondary N) is 3. The fraction of sp³-hybridized carbons (Fsp3) is 0.667. The van der Waals surface area contributed by atoms with Gasteiger partial charge in [-0.3, -0.25) is 14.7 Å². The summed E-state index contributed by atoms with van der Waals surface area (Å²) >= 11 is 0. The molecule has 0 aliphatic carbocycles. The molecule has 7 heteroatoms. The SMILES string of the molecule is CC(NC(=O)CCNC(=O)C(C)(C)C)c1ncn[nH]1. The molecule has 0 aliphatic rings. The molecule has 2 amide bonds. The summed E-state index contributed by atoms with van der Waals surface area (Å²) in [6.45, 7) is 7.62. The highest BCUT2D eigenvalue weighted by Crippen LogP contribution is 2.12. The predicted molar refractivity (Wildman–Crippen MR) is 70.0 cm³/mol. The number of carbonyl (C=O) groups excluding carboxylic acids is 2. The molecular formula is C12H21N5O2. The molecule has 1 heterocycles. The Hall–Kier alpha value is -1.92. The van der Waals surface area contributed by atoms with E-state index in [1.54, 1.807) is 0 Å². The average Bonchev–Trinajstić information content (AvgIpc) is 2.80. The quantitative estimate of drug-likeness (QED) is 0.724. The zero-order valence-corrected chi connectivity index (χ0v) is 11.8. The van der Waals surface area contributed by atoms with Crippen molar-refractivity contribution in [3.05, 3.63) is 12.2 Å². The lowest BCUT2D eigenvalue weighted by Gasteiger charge is -2.17. The number of H-pyrrole nitrogens is 1. The highest BCUT2D eigenvalue weighted by molar-refractivity contribution is 5.82. The maximum Gasteiger partial charge on any atom is 0.225 e. The van der Waals surface area contributed by atoms with Gasteiger partial charge in [-0.05, 0) is 6.92 Å². The van der Waals surface area contributed by atoms with E-state index in [1.807, 2.05) is 27.7 Å². The highest BCUT2D eigenvalue weighted by atomic mass is 16.2. The molecule has 0 spiro atoms. The van der Waals surface area contributed by atoms with Gasteiger partial charge in [0, 0.05) is 18.4 Å². The predicted octanol–water partition coefficient (Wildman–Crippen LogP) is 0.534. The van der Waals surface area contributed by atoms with E-state index in [0.717, 1.165) is 0 Å². The molecule has 0 bridgehead atoms. The van der Waals surface area contributed by atoms with Crippen LogP contribution in [-0.2, 0) is 9.59 Å². The molecule has 1 aromatic heterocycles. The number of aromatic amines is 1. The van der Waals surface area contributed by atoms with E-state index >= 15 is 0 Å². The van der Waals surface area contributed by atoms with E-state index in [-0.39, 0.29) is 24.3 Å². The zero-order valence-electron chi connectivity index (χ0n) is 11.8. The monoisotopic (exact) mass is 267 g/mol. The molecule has 3 N–H and O–H groups in total. The second kappa shape index (κ2) is 6.31. The average molecular weight is 267 g/mol. The number of rotatable bonds is 5. The fourth-order valence-corrected chi connectivity index (χ4v) is 1.36. The van der Waals surface area contributed by atoms with Crippen molar-refractivity contribution in [1.82, 2.24) is 25.8 Å². The van der Waals surface area contributed by atoms with Crippen molar-refractivity contribution in [2.75, 3.05) is 6.54 Å². The van der Waals surface area contributed by atoms with Crippen LogP contribution in [0.25, 0.3) is 0 Å². The lowest BCUT2D eigenvalue weighted by atomic mass is 9.96. The molecule has 1 aromatic rings. The Labute approximate surface area is 112 Å². The van der Waals surface area contributed by atoms with Gasteiger partial charge in [0.1, 0.15) is 12.2 Å². The van der Waals surface area contributed by atoms with Gasteiger partial charge in [-0.1, -0.05) is 20.8 Å². The number of carbonyl (C=O) groups is 2. The summed E-state index contributed by atoms with van der Waals surface area (Å²) in [5, 5.41) is 11.9. The third-order valence-electron chi connectivity index (χ3n) is 2.54. The number of hydrogen-bond acceptors (Lipinski definition) is 4. The van der Waals surface area contributed by atoms with E-state index in [2.05, 4.69) is 25.8 Å². The summed E-state index contributed by atoms with van der Waals surface area (Å²) in [7, 11) is 0. The van der Waals surface area contributed by atoms with E-state index < -0.39 is 5.41 Å². The van der Waals surface area contributed by atoms with Crippen LogP contribution in [0.15, 0.2) is 6.33 Å². The van der Waals surface area contributed by atoms with Crippen LogP contribution in [0.5, 0.6) is 0 Å². The van der Waals surface area contributed by atoms with Crippen LogP contribution in [0, 0.1) is 5.41 Å². The third-order valence-corrected chi connectivity index (χ3v) is 2.54. The van der Waals surface area contributed by atoms with Crippen molar-refractivity contribution >= 4 is 11.8 Å². The molecule has 0 saturated heterocycles. The third kappa shape index (κ3) is 5.07. The summed E-state index contributed by atoms with van der Waals surface area (Å²) in [4.78, 5) is 27.2. The molecule has 19 heavy (non-hydrogen) atoms. The molecule has 0 saturated carbocycles. The van der Waals surface area contributed by atoms with Crippen molar-refractivity contribution < 1.29 is 9.59 Å². The summed E-state index contributed by atoms with van der Waals surface area (Å²) in [5.41, 5.74) is -0.441. The van der Waals surface area contributed by atoms with Crippen LogP contribution in [-0.4, -0.2) is 33.5 Å². The van der Waals surface area contributed by atoms with Gasteiger partial charge in [0.05, 0.1) is 6.04 Å². The number of hydrogen-bond donors (Lipinski definition) is 3. The summed E-state index contributed by atoms with van der Waals surface area (Å²) in [5.74, 6) is 0.397. The van der Waals surface area contributed by atoms with Crippen LogP contribution in [0.2, 0.25) is 0 Å². The Bertz CT molecular complexity index is 422. The molecule has 106 valence electrons. The Morgan fingerprint density at radius 2 is 2.11 bits per heavy atom. The minimum atomic E-state index is -0.441. The lowest BCUT2D eigenvalue weighted by Crippen LogP contribution is -2.37. The molecule has 1 atom stereocenters. The standard InChI is InChI=1S/C12H21N5O2/c1-8(10-14-7-15-17-10)16-9(18)5-6-13-11(19)12(2,3)4/h7-8H,5-6H2,1-4H3,(H,13,19)(H,16,18)(H,14,15,17). The first-order chi connectivity index (χ1) is 8.80. The van der Waals surface area contributed by atoms with Crippen LogP contribution in [0.4, 0.5) is 0 Å². The smallest absolute Gasteiger partial charge is 0.225 e. The van der Waals surface area contributed by atoms with Crippen LogP contribution in [0.1, 0.15) is 46.0 Å². The first-order valence-electron chi connectivity index (χ1n) is 6.23. The van der Waals surface area contributed by atoms with E-state index in [0.29, 0.717) is 12.4 Å². The summed E-state index contributed by atoms with van der Waals surface area (Å²) in [6, 6.07) is -0.228. The topological polar surface area (TPSA) is 99.8 Å². The van der Waals surface area contributed by atoms with Gasteiger partial charge in [0.15, 0.2) is 0 Å². The van der Waals surface area contributed by atoms with Crippen molar-refractivity contribution in [2.24, 2.45) is 5.41 Å². The molecular weight excluding hydrogens is 246 g/mol. The van der Waals surface area contributed by atoms with Crippen molar-refractivity contribution in [3.8, 4) is 0 Å². The Morgan fingerprint density at radius 3 is 2.63 bits per heavy atom. The van der Waals surface area contributed by atoms with Gasteiger partial charge in [-0.25, -0.2) is 4.98 Å². The van der Waals surface area contributed by atoms with Gasteiger partial charge in [0.2, 0.25) is 11.8 Å². The summed E-state index contributed by atoms with van der Waals surface area (Å²) < 4.78 is 0. The van der Waals surface area contributed by atoms with E-state index in [1.165, 1.54) is 6.33 Å². The normalized spacial score (nSPS) is 12.8. The maximum atomic E-state index is 11.7. The molecule has 1 unspecified atom stereocenters. The van der Waals surface area contributed by atoms with Crippen molar-refractivity contribution in [1.29, 1.82) is 0 Å². The first kappa shape index (κ1) is 15.1. The fourth-order valence-electron chi connectivity index (χ4n) is 1.36. The molecule has 7 nitrogen and oxygen atoms in total. The molecule has 0 fully saturated rings. The van der Waals surface area contributed by atoms with E-state index in [4.69, 9.17) is 0 Å². The minimum absolute atomic E-state index is 0.0661. The highest BCUT2D eigenvalue weighted by Gasteiger charge is 2.20. The summed E-state index contributed by atoms with van der Waals surface area (Å²) in [6.07, 6.45) is 1.63. The van der Waals surface area contributed by atoms with Gasteiger partial charge in [-0.2, -0.15) is 5.10 Å². The van der Waals surface area contributed by atoms with Crippen LogP contribution >= 0.6 is 0 Å². The first-order valence-corrected chi connectivity index (χ1v) is 6.23. The lowest BCUT2D eigenvalue weighted by molar-refractivity contribution is -0.128. The Balaban J connectivity index is 2.27. The number of amides is 2. The van der Waals surface area contributed by atoms with Crippen LogP contribution < -0.4 is 10.6 Å². The Morgan fingerprint density at radius 1 is 1.42 bits per heavy atom. The molecule has 0 aromatic carbocycles. The second-order valence-corrected chi connectivity index (χ2v) is 5.42. The zero-order chi connectivity index (χ0) is 14.5. The van der Waals surface area contributed by atoms with Gasteiger partial charge in [0.25, 0.3) is 0 Å². The van der Waals surface area contributed by atoms with Gasteiger partial charge < -0.3 is 10.6 Å². The molecule has 0 aliphatic heterocycles. The largest absolute Gasteiger partial charge is 0.355 e. The second-order valence-electron chi connectivity index (χ2n) is 5.42. The van der Waals surface area contributed by atoms with Gasteiger partial charge >= 0.3 is 0 Å². The minimum Gasteiger partial charge on any atom is -0.355 e. The number of aromatic nitrogens is 3. The van der Waals surface area contributed by atoms with Crippen LogP contribution in [0.3, 0.4) is 0 Å².